The number of aryl methyl sites for hydroxylation is 1. The second-order valence-electron chi connectivity index (χ2n) is 7.63. The van der Waals surface area contributed by atoms with Crippen LogP contribution in [-0.4, -0.2) is 65.2 Å². The number of fused-ring (bicyclic) bond motifs is 1. The highest BCUT2D eigenvalue weighted by Gasteiger charge is 2.18. The highest BCUT2D eigenvalue weighted by atomic mass is 32.2. The molecular formula is C21H27N5O5S. The minimum absolute atomic E-state index is 0.0144. The van der Waals surface area contributed by atoms with Crippen molar-refractivity contribution in [1.82, 2.24) is 14.5 Å². The zero-order valence-corrected chi connectivity index (χ0v) is 19.0. The van der Waals surface area contributed by atoms with Gasteiger partial charge in [-0.15, -0.1) is 0 Å². The maximum absolute atomic E-state index is 12.7. The summed E-state index contributed by atoms with van der Waals surface area (Å²) in [6, 6.07) is 6.48. The Morgan fingerprint density at radius 2 is 1.97 bits per heavy atom. The minimum Gasteiger partial charge on any atom is -0.396 e. The number of hydrogen-bond acceptors (Lipinski definition) is 9. The summed E-state index contributed by atoms with van der Waals surface area (Å²) in [6.07, 6.45) is 2.35. The van der Waals surface area contributed by atoms with Crippen LogP contribution in [0.5, 0.6) is 0 Å². The van der Waals surface area contributed by atoms with Gasteiger partial charge in [-0.1, -0.05) is 6.07 Å². The summed E-state index contributed by atoms with van der Waals surface area (Å²) in [7, 11) is -1.98. The van der Waals surface area contributed by atoms with Crippen LogP contribution in [0.4, 0.5) is 11.5 Å². The van der Waals surface area contributed by atoms with Gasteiger partial charge in [0, 0.05) is 38.6 Å². The maximum atomic E-state index is 12.7. The number of aliphatic hydroxyl groups is 2. The van der Waals surface area contributed by atoms with E-state index in [-0.39, 0.29) is 23.6 Å². The van der Waals surface area contributed by atoms with Gasteiger partial charge in [-0.3, -0.25) is 4.79 Å². The highest BCUT2D eigenvalue weighted by Crippen LogP contribution is 2.30. The summed E-state index contributed by atoms with van der Waals surface area (Å²) in [4.78, 5) is 21.6. The predicted octanol–water partition coefficient (Wildman–Crippen LogP) is 0.986. The second kappa shape index (κ2) is 9.63. The van der Waals surface area contributed by atoms with Crippen LogP contribution in [0.25, 0.3) is 22.2 Å². The number of aliphatic hydroxyl groups excluding tert-OH is 2. The Balaban J connectivity index is 2.16. The number of sulfone groups is 1. The number of rotatable bonds is 9. The van der Waals surface area contributed by atoms with Gasteiger partial charge in [-0.05, 0) is 31.5 Å². The van der Waals surface area contributed by atoms with Crippen molar-refractivity contribution in [2.45, 2.75) is 24.3 Å². The largest absolute Gasteiger partial charge is 0.396 e. The Bertz CT molecular complexity index is 1290. The van der Waals surface area contributed by atoms with E-state index in [1.807, 2.05) is 0 Å². The molecule has 0 saturated carbocycles. The molecule has 3 rings (SSSR count). The molecule has 0 spiro atoms. The lowest BCUT2D eigenvalue weighted by Gasteiger charge is -2.15. The third-order valence-electron chi connectivity index (χ3n) is 4.79. The van der Waals surface area contributed by atoms with Gasteiger partial charge in [0.1, 0.15) is 11.2 Å². The van der Waals surface area contributed by atoms with Gasteiger partial charge in [0.2, 0.25) is 0 Å². The first-order chi connectivity index (χ1) is 15.1. The van der Waals surface area contributed by atoms with Crippen LogP contribution in [0.15, 0.2) is 40.3 Å². The van der Waals surface area contributed by atoms with Gasteiger partial charge in [-0.25, -0.2) is 18.4 Å². The average molecular weight is 462 g/mol. The number of anilines is 2. The van der Waals surface area contributed by atoms with Crippen LogP contribution in [0.1, 0.15) is 13.3 Å². The van der Waals surface area contributed by atoms with Crippen molar-refractivity contribution in [3.8, 4) is 11.3 Å². The normalized spacial score (nSPS) is 12.7. The van der Waals surface area contributed by atoms with Crippen molar-refractivity contribution in [3.05, 3.63) is 40.9 Å². The molecule has 2 heterocycles. The Morgan fingerprint density at radius 3 is 2.62 bits per heavy atom. The molecule has 4 N–H and O–H groups in total. The Morgan fingerprint density at radius 1 is 1.22 bits per heavy atom. The van der Waals surface area contributed by atoms with E-state index in [1.54, 1.807) is 32.2 Å². The number of pyridine rings is 1. The van der Waals surface area contributed by atoms with Gasteiger partial charge in [0.15, 0.2) is 9.84 Å². The molecule has 172 valence electrons. The fraction of sp³-hybridized carbons (Fsp3) is 0.381. The van der Waals surface area contributed by atoms with E-state index in [1.165, 1.54) is 17.0 Å². The number of aromatic nitrogens is 3. The maximum Gasteiger partial charge on any atom is 0.264 e. The summed E-state index contributed by atoms with van der Waals surface area (Å²) in [5.41, 5.74) is 1.50. The molecule has 1 aromatic carbocycles. The molecule has 32 heavy (non-hydrogen) atoms. The smallest absolute Gasteiger partial charge is 0.264 e. The lowest BCUT2D eigenvalue weighted by molar-refractivity contribution is 0.208. The quantitative estimate of drug-likeness (QED) is 0.343. The van der Waals surface area contributed by atoms with E-state index in [2.05, 4.69) is 20.6 Å². The van der Waals surface area contributed by atoms with Crippen molar-refractivity contribution in [1.29, 1.82) is 0 Å². The van der Waals surface area contributed by atoms with E-state index < -0.39 is 15.9 Å². The molecule has 0 fully saturated rings. The Hall–Kier alpha value is -3.02. The predicted molar refractivity (Wildman–Crippen MR) is 124 cm³/mol. The van der Waals surface area contributed by atoms with Gasteiger partial charge in [0.25, 0.3) is 5.56 Å². The van der Waals surface area contributed by atoms with Gasteiger partial charge < -0.3 is 25.4 Å². The molecule has 0 aliphatic heterocycles. The summed E-state index contributed by atoms with van der Waals surface area (Å²) in [5, 5.41) is 24.9. The van der Waals surface area contributed by atoms with E-state index in [0.29, 0.717) is 46.6 Å². The summed E-state index contributed by atoms with van der Waals surface area (Å²) in [5.74, 6) is 0.317. The van der Waals surface area contributed by atoms with Crippen molar-refractivity contribution in [2.24, 2.45) is 7.05 Å². The van der Waals surface area contributed by atoms with Crippen molar-refractivity contribution < 1.29 is 18.6 Å². The standard InChI is InChI=1S/C21H27N5O5S/c1-13(28)11-23-15-6-5-14(9-18(15)32(3,30)31)16-10-17-19(21(29)26(2)12-24-17)20(25-16)22-7-4-8-27/h5-6,9-10,12-13,23,27-28H,4,7-8,11H2,1-3H3,(H,22,25)/t13-/m0/s1. The van der Waals surface area contributed by atoms with Crippen LogP contribution in [-0.2, 0) is 16.9 Å². The van der Waals surface area contributed by atoms with Crippen LogP contribution >= 0.6 is 0 Å². The van der Waals surface area contributed by atoms with Crippen LogP contribution in [0.2, 0.25) is 0 Å². The molecule has 0 saturated heterocycles. The van der Waals surface area contributed by atoms with Gasteiger partial charge >= 0.3 is 0 Å². The Kier molecular flexibility index (Phi) is 7.12. The van der Waals surface area contributed by atoms with Crippen molar-refractivity contribution in [2.75, 3.05) is 36.6 Å². The molecule has 0 amide bonds. The molecule has 11 heteroatoms. The Labute approximate surface area is 185 Å². The second-order valence-corrected chi connectivity index (χ2v) is 9.61. The molecule has 2 aromatic heterocycles. The van der Waals surface area contributed by atoms with E-state index >= 15 is 0 Å². The van der Waals surface area contributed by atoms with Crippen LogP contribution in [0.3, 0.4) is 0 Å². The van der Waals surface area contributed by atoms with Crippen molar-refractivity contribution in [3.63, 3.8) is 0 Å². The van der Waals surface area contributed by atoms with E-state index in [9.17, 15) is 18.3 Å². The van der Waals surface area contributed by atoms with Gasteiger partial charge in [-0.2, -0.15) is 0 Å². The summed E-state index contributed by atoms with van der Waals surface area (Å²) in [6.45, 7) is 2.18. The van der Waals surface area contributed by atoms with Gasteiger partial charge in [0.05, 0.1) is 34.2 Å². The lowest BCUT2D eigenvalue weighted by Crippen LogP contribution is -2.19. The molecule has 0 bridgehead atoms. The third-order valence-corrected chi connectivity index (χ3v) is 5.93. The van der Waals surface area contributed by atoms with Crippen LogP contribution in [0, 0.1) is 0 Å². The fourth-order valence-corrected chi connectivity index (χ4v) is 4.06. The monoisotopic (exact) mass is 461 g/mol. The fourth-order valence-electron chi connectivity index (χ4n) is 3.18. The number of benzene rings is 1. The molecule has 0 radical (unpaired) electrons. The molecule has 0 unspecified atom stereocenters. The molecule has 0 aliphatic rings. The molecule has 1 atom stereocenters. The number of nitrogens with one attached hydrogen (secondary N) is 2. The molecule has 3 aromatic rings. The zero-order valence-electron chi connectivity index (χ0n) is 18.2. The molecule has 0 aliphatic carbocycles. The topological polar surface area (TPSA) is 146 Å². The molecular weight excluding hydrogens is 434 g/mol. The lowest BCUT2D eigenvalue weighted by atomic mass is 10.1. The summed E-state index contributed by atoms with van der Waals surface area (Å²) < 4.78 is 26.2. The first-order valence-corrected chi connectivity index (χ1v) is 12.0. The summed E-state index contributed by atoms with van der Waals surface area (Å²) >= 11 is 0. The van der Waals surface area contributed by atoms with E-state index in [4.69, 9.17) is 5.11 Å². The highest BCUT2D eigenvalue weighted by molar-refractivity contribution is 7.90. The first-order valence-electron chi connectivity index (χ1n) is 10.1. The SMILES string of the molecule is C[C@H](O)CNc1ccc(-c2cc3ncn(C)c(=O)c3c(NCCCO)n2)cc1S(C)(=O)=O. The average Bonchev–Trinajstić information content (AvgIpc) is 2.74. The number of nitrogens with zero attached hydrogens (tertiary/aromatic N) is 3. The van der Waals surface area contributed by atoms with E-state index in [0.717, 1.165) is 6.26 Å². The van der Waals surface area contributed by atoms with Crippen molar-refractivity contribution >= 4 is 32.2 Å². The molecule has 10 nitrogen and oxygen atoms in total. The third kappa shape index (κ3) is 5.23. The zero-order chi connectivity index (χ0) is 23.5. The first kappa shape index (κ1) is 23.6. The number of hydrogen-bond donors (Lipinski definition) is 4. The minimum atomic E-state index is -3.58. The van der Waals surface area contributed by atoms with Crippen LogP contribution < -0.4 is 16.2 Å².